The van der Waals surface area contributed by atoms with Crippen LogP contribution in [0.5, 0.6) is 0 Å². The maximum absolute atomic E-state index is 12.8. The lowest BCUT2D eigenvalue weighted by atomic mass is 9.91. The zero-order valence-electron chi connectivity index (χ0n) is 13.4. The van der Waals surface area contributed by atoms with Crippen LogP contribution in [0.15, 0.2) is 48.5 Å². The molecule has 120 valence electrons. The Morgan fingerprint density at radius 1 is 1.22 bits per heavy atom. The molecule has 0 radical (unpaired) electrons. The lowest BCUT2D eigenvalue weighted by Gasteiger charge is -2.24. The number of carbonyl (C=O) groups is 1. The van der Waals surface area contributed by atoms with Crippen molar-refractivity contribution in [3.05, 3.63) is 64.7 Å². The molecule has 1 heterocycles. The minimum absolute atomic E-state index is 0.0266. The van der Waals surface area contributed by atoms with E-state index in [4.69, 9.17) is 11.6 Å². The normalized spacial score (nSPS) is 21.3. The standard InChI is InChI=1S/C19H21ClN2O/c1-13-8-9-15(12-17(13)20)21-19(23)18-16(10-11-22(18)2)14-6-4-3-5-7-14/h3-9,12,16,18H,10-11H2,1-2H3,(H,21,23)/t16-,18-/m0/s1. The van der Waals surface area contributed by atoms with E-state index in [1.807, 2.05) is 44.3 Å². The number of nitrogens with one attached hydrogen (secondary N) is 1. The van der Waals surface area contributed by atoms with Gasteiger partial charge in [-0.1, -0.05) is 48.0 Å². The second-order valence-electron chi connectivity index (χ2n) is 6.18. The molecule has 0 saturated carbocycles. The molecule has 2 aromatic carbocycles. The van der Waals surface area contributed by atoms with Gasteiger partial charge in [-0.3, -0.25) is 9.69 Å². The third kappa shape index (κ3) is 3.41. The molecular formula is C19H21ClN2O. The Labute approximate surface area is 142 Å². The number of hydrogen-bond donors (Lipinski definition) is 1. The second kappa shape index (κ2) is 6.73. The summed E-state index contributed by atoms with van der Waals surface area (Å²) in [5.41, 5.74) is 2.97. The second-order valence-corrected chi connectivity index (χ2v) is 6.59. The minimum Gasteiger partial charge on any atom is -0.325 e. The number of nitrogens with zero attached hydrogens (tertiary/aromatic N) is 1. The van der Waals surface area contributed by atoms with E-state index in [9.17, 15) is 4.79 Å². The molecule has 4 heteroatoms. The maximum Gasteiger partial charge on any atom is 0.242 e. The van der Waals surface area contributed by atoms with E-state index in [1.54, 1.807) is 6.07 Å². The van der Waals surface area contributed by atoms with Gasteiger partial charge in [-0.15, -0.1) is 0 Å². The van der Waals surface area contributed by atoms with E-state index in [-0.39, 0.29) is 17.9 Å². The third-order valence-electron chi connectivity index (χ3n) is 4.58. The predicted molar refractivity (Wildman–Crippen MR) is 95.0 cm³/mol. The maximum atomic E-state index is 12.8. The Kier molecular flexibility index (Phi) is 4.69. The first-order chi connectivity index (χ1) is 11.1. The first-order valence-corrected chi connectivity index (χ1v) is 8.26. The van der Waals surface area contributed by atoms with Crippen LogP contribution in [0.2, 0.25) is 5.02 Å². The zero-order chi connectivity index (χ0) is 16.4. The Hall–Kier alpha value is -1.84. The molecule has 23 heavy (non-hydrogen) atoms. The number of amides is 1. The smallest absolute Gasteiger partial charge is 0.242 e. The van der Waals surface area contributed by atoms with E-state index >= 15 is 0 Å². The van der Waals surface area contributed by atoms with E-state index in [0.29, 0.717) is 5.02 Å². The number of aryl methyl sites for hydroxylation is 1. The fourth-order valence-electron chi connectivity index (χ4n) is 3.27. The average Bonchev–Trinajstić information content (AvgIpc) is 2.93. The first-order valence-electron chi connectivity index (χ1n) is 7.88. The molecule has 2 atom stereocenters. The molecule has 1 saturated heterocycles. The van der Waals surface area contributed by atoms with Crippen molar-refractivity contribution in [1.82, 2.24) is 4.90 Å². The summed E-state index contributed by atoms with van der Waals surface area (Å²) in [6.45, 7) is 2.87. The molecule has 0 bridgehead atoms. The van der Waals surface area contributed by atoms with Gasteiger partial charge in [0.2, 0.25) is 5.91 Å². The van der Waals surface area contributed by atoms with Crippen LogP contribution < -0.4 is 5.32 Å². The number of anilines is 1. The Morgan fingerprint density at radius 2 is 1.96 bits per heavy atom. The summed E-state index contributed by atoms with van der Waals surface area (Å²) < 4.78 is 0. The van der Waals surface area contributed by atoms with Gasteiger partial charge in [0.05, 0.1) is 6.04 Å². The van der Waals surface area contributed by atoms with Crippen LogP contribution in [0.25, 0.3) is 0 Å². The Morgan fingerprint density at radius 3 is 2.65 bits per heavy atom. The molecular weight excluding hydrogens is 308 g/mol. The van der Waals surface area contributed by atoms with Crippen molar-refractivity contribution < 1.29 is 4.79 Å². The van der Waals surface area contributed by atoms with Crippen LogP contribution in [0, 0.1) is 6.92 Å². The van der Waals surface area contributed by atoms with Gasteiger partial charge in [0.15, 0.2) is 0 Å². The van der Waals surface area contributed by atoms with Gasteiger partial charge in [-0.05, 0) is 50.2 Å². The molecule has 1 aliphatic rings. The highest BCUT2D eigenvalue weighted by Crippen LogP contribution is 2.33. The number of likely N-dealkylation sites (N-methyl/N-ethyl adjacent to an activating group) is 1. The Bertz CT molecular complexity index is 702. The van der Waals surface area contributed by atoms with Crippen LogP contribution in [0.1, 0.15) is 23.5 Å². The number of rotatable bonds is 3. The van der Waals surface area contributed by atoms with E-state index < -0.39 is 0 Å². The molecule has 3 nitrogen and oxygen atoms in total. The molecule has 0 spiro atoms. The fourth-order valence-corrected chi connectivity index (χ4v) is 3.45. The Balaban J connectivity index is 1.80. The number of likely N-dealkylation sites (tertiary alicyclic amines) is 1. The van der Waals surface area contributed by atoms with E-state index in [0.717, 1.165) is 24.2 Å². The van der Waals surface area contributed by atoms with Gasteiger partial charge in [-0.2, -0.15) is 0 Å². The van der Waals surface area contributed by atoms with Gasteiger partial charge >= 0.3 is 0 Å². The van der Waals surface area contributed by atoms with E-state index in [2.05, 4.69) is 22.3 Å². The highest BCUT2D eigenvalue weighted by Gasteiger charge is 2.38. The van der Waals surface area contributed by atoms with Crippen molar-refractivity contribution in [1.29, 1.82) is 0 Å². The van der Waals surface area contributed by atoms with Crippen LogP contribution in [-0.4, -0.2) is 30.4 Å². The number of halogens is 1. The van der Waals surface area contributed by atoms with Crippen molar-refractivity contribution in [3.63, 3.8) is 0 Å². The highest BCUT2D eigenvalue weighted by atomic mass is 35.5. The van der Waals surface area contributed by atoms with Gasteiger partial charge in [0, 0.05) is 16.6 Å². The van der Waals surface area contributed by atoms with Crippen LogP contribution in [-0.2, 0) is 4.79 Å². The van der Waals surface area contributed by atoms with Crippen molar-refractivity contribution in [2.45, 2.75) is 25.3 Å². The number of hydrogen-bond acceptors (Lipinski definition) is 2. The predicted octanol–water partition coefficient (Wildman–Crippen LogP) is 4.07. The molecule has 2 aromatic rings. The molecule has 1 amide bonds. The summed E-state index contributed by atoms with van der Waals surface area (Å²) in [7, 11) is 2.01. The third-order valence-corrected chi connectivity index (χ3v) is 4.99. The highest BCUT2D eigenvalue weighted by molar-refractivity contribution is 6.31. The summed E-state index contributed by atoms with van der Waals surface area (Å²) in [5.74, 6) is 0.251. The van der Waals surface area contributed by atoms with E-state index in [1.165, 1.54) is 5.56 Å². The van der Waals surface area contributed by atoms with Crippen molar-refractivity contribution in [2.24, 2.45) is 0 Å². The monoisotopic (exact) mass is 328 g/mol. The van der Waals surface area contributed by atoms with Gasteiger partial charge < -0.3 is 5.32 Å². The molecule has 0 aromatic heterocycles. The summed E-state index contributed by atoms with van der Waals surface area (Å²) in [6, 6.07) is 15.7. The summed E-state index contributed by atoms with van der Waals surface area (Å²) in [5, 5.41) is 3.69. The molecule has 1 N–H and O–H groups in total. The largest absolute Gasteiger partial charge is 0.325 e. The quantitative estimate of drug-likeness (QED) is 0.921. The minimum atomic E-state index is -0.155. The average molecular weight is 329 g/mol. The zero-order valence-corrected chi connectivity index (χ0v) is 14.2. The molecule has 3 rings (SSSR count). The SMILES string of the molecule is Cc1ccc(NC(=O)[C@@H]2[C@H](c3ccccc3)CCN2C)cc1Cl. The fraction of sp³-hybridized carbons (Fsp3) is 0.316. The van der Waals surface area contributed by atoms with Gasteiger partial charge in [0.25, 0.3) is 0 Å². The molecule has 1 fully saturated rings. The lowest BCUT2D eigenvalue weighted by Crippen LogP contribution is -2.40. The van der Waals surface area contributed by atoms with Crippen LogP contribution in [0.3, 0.4) is 0 Å². The number of carbonyl (C=O) groups excluding carboxylic acids is 1. The van der Waals surface area contributed by atoms with Crippen molar-refractivity contribution in [2.75, 3.05) is 18.9 Å². The molecule has 1 aliphatic heterocycles. The van der Waals surface area contributed by atoms with Crippen LogP contribution >= 0.6 is 11.6 Å². The van der Waals surface area contributed by atoms with Crippen LogP contribution in [0.4, 0.5) is 5.69 Å². The van der Waals surface area contributed by atoms with Crippen molar-refractivity contribution >= 4 is 23.2 Å². The summed E-state index contributed by atoms with van der Waals surface area (Å²) >= 11 is 6.15. The summed E-state index contributed by atoms with van der Waals surface area (Å²) in [4.78, 5) is 14.9. The molecule has 0 aliphatic carbocycles. The lowest BCUT2D eigenvalue weighted by molar-refractivity contribution is -0.120. The summed E-state index contributed by atoms with van der Waals surface area (Å²) in [6.07, 6.45) is 0.993. The number of benzene rings is 2. The first kappa shape index (κ1) is 16.0. The van der Waals surface area contributed by atoms with Gasteiger partial charge in [-0.25, -0.2) is 0 Å². The topological polar surface area (TPSA) is 32.3 Å². The van der Waals surface area contributed by atoms with Gasteiger partial charge in [0.1, 0.15) is 0 Å². The molecule has 0 unspecified atom stereocenters. The van der Waals surface area contributed by atoms with Crippen molar-refractivity contribution in [3.8, 4) is 0 Å².